The van der Waals surface area contributed by atoms with E-state index in [0.717, 1.165) is 29.5 Å². The molecule has 8 amide bonds. The van der Waals surface area contributed by atoms with Gasteiger partial charge in [0.15, 0.2) is 0 Å². The van der Waals surface area contributed by atoms with Crippen LogP contribution in [0.4, 0.5) is 4.79 Å². The Morgan fingerprint density at radius 2 is 1.50 bits per heavy atom. The van der Waals surface area contributed by atoms with Gasteiger partial charge in [-0.25, -0.2) is 9.59 Å². The van der Waals surface area contributed by atoms with Crippen molar-refractivity contribution in [2.45, 2.75) is 120 Å². The molecule has 5 heterocycles. The van der Waals surface area contributed by atoms with Crippen LogP contribution in [0.15, 0.2) is 95.4 Å². The molecule has 0 aliphatic carbocycles. The summed E-state index contributed by atoms with van der Waals surface area (Å²) in [5.41, 5.74) is 8.77. The zero-order valence-corrected chi connectivity index (χ0v) is 42.3. The molecular formula is C54H66N10O10. The fourth-order valence-electron chi connectivity index (χ4n) is 10.5. The van der Waals surface area contributed by atoms with Crippen LogP contribution in [0, 0.1) is 0 Å². The normalized spacial score (nSPS) is 20.3. The number of hydrogen-bond acceptors (Lipinski definition) is 11. The van der Waals surface area contributed by atoms with Crippen molar-refractivity contribution in [3.63, 3.8) is 0 Å². The Bertz CT molecular complexity index is 2840. The number of ether oxygens (including phenoxy) is 1. The van der Waals surface area contributed by atoms with E-state index in [2.05, 4.69) is 26.2 Å². The number of imidazole rings is 1. The van der Waals surface area contributed by atoms with E-state index in [9.17, 15) is 43.2 Å². The fourth-order valence-corrected chi connectivity index (χ4v) is 10.5. The summed E-state index contributed by atoms with van der Waals surface area (Å²) < 4.78 is 8.56. The predicted octanol–water partition coefficient (Wildman–Crippen LogP) is 3.15. The van der Waals surface area contributed by atoms with Crippen LogP contribution < -0.4 is 32.7 Å². The number of likely N-dealkylation sites (tertiary alicyclic amines) is 1. The molecule has 0 spiro atoms. The predicted molar refractivity (Wildman–Crippen MR) is 273 cm³/mol. The highest BCUT2D eigenvalue weighted by Crippen LogP contribution is 2.33. The summed E-state index contributed by atoms with van der Waals surface area (Å²) in [4.78, 5) is 126. The Balaban J connectivity index is 0.916. The summed E-state index contributed by atoms with van der Waals surface area (Å²) in [5.74, 6) is -3.34. The number of primary amides is 1. The monoisotopic (exact) mass is 1010 g/mol. The molecule has 1 aromatic heterocycles. The van der Waals surface area contributed by atoms with Gasteiger partial charge in [0, 0.05) is 51.5 Å². The third-order valence-corrected chi connectivity index (χ3v) is 14.3. The molecule has 20 nitrogen and oxygen atoms in total. The van der Waals surface area contributed by atoms with Crippen LogP contribution in [0.5, 0.6) is 0 Å². The van der Waals surface area contributed by atoms with Crippen molar-refractivity contribution >= 4 is 58.5 Å². The summed E-state index contributed by atoms with van der Waals surface area (Å²) >= 11 is 0. The summed E-state index contributed by atoms with van der Waals surface area (Å²) in [6.45, 7) is 6.95. The van der Waals surface area contributed by atoms with E-state index >= 15 is 0 Å². The lowest BCUT2D eigenvalue weighted by molar-refractivity contribution is -0.142. The van der Waals surface area contributed by atoms with Crippen LogP contribution in [-0.2, 0) is 45.3 Å². The van der Waals surface area contributed by atoms with Crippen molar-refractivity contribution in [3.05, 3.63) is 118 Å². The molecule has 0 bridgehead atoms. The first-order valence-corrected chi connectivity index (χ1v) is 25.4. The maximum Gasteiger partial charge on any atom is 0.408 e. The van der Waals surface area contributed by atoms with Crippen LogP contribution in [0.1, 0.15) is 113 Å². The molecule has 0 saturated carbocycles. The molecule has 4 atom stereocenters. The van der Waals surface area contributed by atoms with Crippen LogP contribution >= 0.6 is 0 Å². The first-order chi connectivity index (χ1) is 35.3. The molecular weight excluding hydrogens is 949 g/mol. The number of imide groups is 1. The van der Waals surface area contributed by atoms with Gasteiger partial charge in [0.05, 0.1) is 23.6 Å². The number of benzene rings is 3. The zero-order chi connectivity index (χ0) is 52.8. The Labute approximate surface area is 429 Å². The third-order valence-electron chi connectivity index (χ3n) is 14.3. The van der Waals surface area contributed by atoms with Gasteiger partial charge in [0.1, 0.15) is 29.8 Å². The molecule has 3 fully saturated rings. The standard InChI is InChI=1S/C54H66N10O10/c1-54(2,3)74-52(72)57-39-32-62(46(67)26-29-61-27-23-33(24-28-61)36-15-18-40-43(31-36)60(4)53(73)64(40)42-20-22-45(66)58-50(42)70)30-25-37-16-19-41(63(37)51(39)71)49(69)56-38(17-21-44(55)65)48(68)59-47(34-11-7-5-8-12-34)35-13-9-6-10-14-35/h5-16,18,31,33,38-39,41-42,47H,17,19-30,32H2,1-4H3,(H2,55,65)(H,56,69)(H,57,72)(H,59,68)(H,58,66,70)/t38-,39-,41-,42?/m0/s1. The van der Waals surface area contributed by atoms with Gasteiger partial charge in [-0.2, -0.15) is 0 Å². The SMILES string of the molecule is Cn1c(=O)n(C2CCC(=O)NC2=O)c2ccc(C3CCN(CCC(=O)N4CCC5=CC[C@@H](C(=O)N[C@@H](CCC(N)=O)C(=O)NC(c6ccccc6)c6ccccc6)N5C(=O)[C@@H](NC(=O)OC(C)(C)C)C4)CC3)cc21. The summed E-state index contributed by atoms with van der Waals surface area (Å²) in [7, 11) is 1.68. The largest absolute Gasteiger partial charge is 0.444 e. The Morgan fingerprint density at radius 3 is 2.14 bits per heavy atom. The third kappa shape index (κ3) is 12.2. The van der Waals surface area contributed by atoms with Gasteiger partial charge >= 0.3 is 11.8 Å². The van der Waals surface area contributed by atoms with Crippen molar-refractivity contribution in [1.82, 2.24) is 45.1 Å². The lowest BCUT2D eigenvalue weighted by atomic mass is 9.89. The van der Waals surface area contributed by atoms with E-state index in [1.54, 1.807) is 38.8 Å². The highest BCUT2D eigenvalue weighted by molar-refractivity contribution is 6.00. The molecule has 0 radical (unpaired) electrons. The molecule has 6 N–H and O–H groups in total. The van der Waals surface area contributed by atoms with Crippen molar-refractivity contribution in [2.24, 2.45) is 12.8 Å². The lowest BCUT2D eigenvalue weighted by Crippen LogP contribution is -2.60. The average Bonchev–Trinajstić information content (AvgIpc) is 3.90. The topological polar surface area (TPSA) is 257 Å². The van der Waals surface area contributed by atoms with E-state index < -0.39 is 71.4 Å². The average molecular weight is 1020 g/mol. The number of carbonyl (C=O) groups excluding carboxylic acids is 8. The number of amides is 8. The van der Waals surface area contributed by atoms with Gasteiger partial charge in [-0.05, 0) is 101 Å². The molecule has 392 valence electrons. The number of aromatic nitrogens is 2. The number of nitrogens with two attached hydrogens (primary N) is 1. The van der Waals surface area contributed by atoms with E-state index in [-0.39, 0.29) is 81.5 Å². The molecule has 8 rings (SSSR count). The van der Waals surface area contributed by atoms with E-state index in [1.807, 2.05) is 78.9 Å². The van der Waals surface area contributed by atoms with Gasteiger partial charge in [0.25, 0.3) is 5.91 Å². The Hall–Kier alpha value is -7.61. The van der Waals surface area contributed by atoms with E-state index in [4.69, 9.17) is 10.5 Å². The van der Waals surface area contributed by atoms with E-state index in [1.165, 1.54) is 14.0 Å². The number of piperidine rings is 2. The maximum atomic E-state index is 14.7. The van der Waals surface area contributed by atoms with Crippen LogP contribution in [0.3, 0.4) is 0 Å². The summed E-state index contributed by atoms with van der Waals surface area (Å²) in [6, 6.07) is 19.5. The smallest absolute Gasteiger partial charge is 0.408 e. The number of nitrogens with one attached hydrogen (secondary N) is 4. The van der Waals surface area contributed by atoms with Crippen molar-refractivity contribution in [3.8, 4) is 0 Å². The summed E-state index contributed by atoms with van der Waals surface area (Å²) in [6.07, 6.45) is 3.08. The molecule has 4 aliphatic rings. The quantitative estimate of drug-likeness (QED) is 0.108. The number of hydrogen-bond donors (Lipinski definition) is 5. The van der Waals surface area contributed by atoms with Gasteiger partial charge in [0.2, 0.25) is 35.4 Å². The first-order valence-electron chi connectivity index (χ1n) is 25.4. The van der Waals surface area contributed by atoms with Crippen molar-refractivity contribution in [1.29, 1.82) is 0 Å². The second-order valence-electron chi connectivity index (χ2n) is 20.6. The number of alkyl carbamates (subject to hydrolysis) is 1. The molecule has 4 aromatic rings. The number of aryl methyl sites for hydroxylation is 1. The first kappa shape index (κ1) is 52.7. The number of carbonyl (C=O) groups is 8. The zero-order valence-electron chi connectivity index (χ0n) is 42.3. The molecule has 4 aliphatic heterocycles. The second-order valence-corrected chi connectivity index (χ2v) is 20.6. The molecule has 3 aromatic carbocycles. The fraction of sp³-hybridized carbons (Fsp3) is 0.463. The van der Waals surface area contributed by atoms with Crippen LogP contribution in [0.25, 0.3) is 11.0 Å². The van der Waals surface area contributed by atoms with Crippen molar-refractivity contribution in [2.75, 3.05) is 32.7 Å². The lowest BCUT2D eigenvalue weighted by Gasteiger charge is -2.38. The van der Waals surface area contributed by atoms with E-state index in [0.29, 0.717) is 36.4 Å². The minimum absolute atomic E-state index is 0.0951. The Kier molecular flexibility index (Phi) is 16.1. The van der Waals surface area contributed by atoms with Gasteiger partial charge in [-0.3, -0.25) is 48.0 Å². The van der Waals surface area contributed by atoms with Crippen LogP contribution in [-0.4, -0.2) is 128 Å². The van der Waals surface area contributed by atoms with Gasteiger partial charge in [-0.1, -0.05) is 72.8 Å². The molecule has 1 unspecified atom stereocenters. The van der Waals surface area contributed by atoms with Gasteiger partial charge < -0.3 is 41.1 Å². The minimum Gasteiger partial charge on any atom is -0.444 e. The minimum atomic E-state index is -1.30. The molecule has 74 heavy (non-hydrogen) atoms. The van der Waals surface area contributed by atoms with Gasteiger partial charge in [-0.15, -0.1) is 0 Å². The molecule has 20 heteroatoms. The highest BCUT2D eigenvalue weighted by Gasteiger charge is 2.43. The van der Waals surface area contributed by atoms with Crippen LogP contribution in [0.2, 0.25) is 0 Å². The summed E-state index contributed by atoms with van der Waals surface area (Å²) in [5, 5.41) is 10.9. The maximum absolute atomic E-state index is 14.7. The van der Waals surface area contributed by atoms with Crippen molar-refractivity contribution < 1.29 is 43.1 Å². The number of fused-ring (bicyclic) bond motifs is 2. The Morgan fingerprint density at radius 1 is 0.824 bits per heavy atom. The number of rotatable bonds is 15. The highest BCUT2D eigenvalue weighted by atomic mass is 16.6. The second kappa shape index (κ2) is 22.7. The number of nitrogens with zero attached hydrogens (tertiary/aromatic N) is 5. The molecule has 3 saturated heterocycles.